The van der Waals surface area contributed by atoms with E-state index in [0.29, 0.717) is 11.8 Å². The molecule has 0 N–H and O–H groups in total. The third-order valence-electron chi connectivity index (χ3n) is 2.34. The second-order valence-corrected chi connectivity index (χ2v) is 6.20. The molecule has 0 unspecified atom stereocenters. The summed E-state index contributed by atoms with van der Waals surface area (Å²) in [6.07, 6.45) is 0. The first kappa shape index (κ1) is 12.5. The minimum absolute atomic E-state index is 0.594. The Kier molecular flexibility index (Phi) is 4.44. The van der Waals surface area contributed by atoms with E-state index in [9.17, 15) is 0 Å². The molecule has 0 spiro atoms. The van der Waals surface area contributed by atoms with Gasteiger partial charge in [-0.25, -0.2) is 0 Å². The van der Waals surface area contributed by atoms with Gasteiger partial charge >= 0.3 is 0 Å². The summed E-state index contributed by atoms with van der Waals surface area (Å²) in [6.45, 7) is 8.98. The van der Waals surface area contributed by atoms with E-state index in [1.165, 1.54) is 19.2 Å². The lowest BCUT2D eigenvalue weighted by Crippen LogP contribution is -1.99. The van der Waals surface area contributed by atoms with Crippen LogP contribution in [0.5, 0.6) is 0 Å². The van der Waals surface area contributed by atoms with Crippen LogP contribution in [0.1, 0.15) is 50.7 Å². The summed E-state index contributed by atoms with van der Waals surface area (Å²) in [5, 5.41) is 0. The molecular formula is C12H16BrI. The molecule has 0 amide bonds. The van der Waals surface area contributed by atoms with E-state index in [1.807, 2.05) is 0 Å². The first-order valence-corrected chi connectivity index (χ1v) is 6.79. The van der Waals surface area contributed by atoms with Crippen molar-refractivity contribution >= 4 is 38.5 Å². The Hall–Kier alpha value is 0.430. The molecule has 0 fully saturated rings. The van der Waals surface area contributed by atoms with Gasteiger partial charge in [0.25, 0.3) is 0 Å². The van der Waals surface area contributed by atoms with Gasteiger partial charge < -0.3 is 0 Å². The van der Waals surface area contributed by atoms with Crippen LogP contribution in [0.4, 0.5) is 0 Å². The molecule has 0 atom stereocenters. The molecule has 0 aliphatic rings. The molecule has 0 aliphatic carbocycles. The van der Waals surface area contributed by atoms with Crippen LogP contribution in [-0.2, 0) is 0 Å². The Morgan fingerprint density at radius 3 is 1.64 bits per heavy atom. The second kappa shape index (κ2) is 4.97. The van der Waals surface area contributed by atoms with Crippen molar-refractivity contribution in [1.82, 2.24) is 0 Å². The van der Waals surface area contributed by atoms with Crippen LogP contribution < -0.4 is 0 Å². The van der Waals surface area contributed by atoms with Crippen LogP contribution in [0, 0.1) is 3.57 Å². The predicted molar refractivity (Wildman–Crippen MR) is 75.0 cm³/mol. The first-order valence-electron chi connectivity index (χ1n) is 4.92. The quantitative estimate of drug-likeness (QED) is 0.623. The zero-order chi connectivity index (χ0) is 10.9. The molecule has 78 valence electrons. The largest absolute Gasteiger partial charge is 0.0586 e. The molecule has 14 heavy (non-hydrogen) atoms. The summed E-state index contributed by atoms with van der Waals surface area (Å²) in [6, 6.07) is 4.47. The molecule has 1 rings (SSSR count). The minimum atomic E-state index is 0.594. The van der Waals surface area contributed by atoms with Crippen LogP contribution in [0.3, 0.4) is 0 Å². The number of halogens is 2. The van der Waals surface area contributed by atoms with Gasteiger partial charge in [0.15, 0.2) is 0 Å². The fraction of sp³-hybridized carbons (Fsp3) is 0.500. The average molecular weight is 367 g/mol. The van der Waals surface area contributed by atoms with Crippen molar-refractivity contribution in [2.45, 2.75) is 39.5 Å². The Morgan fingerprint density at radius 1 is 1.00 bits per heavy atom. The lowest BCUT2D eigenvalue weighted by Gasteiger charge is -2.16. The second-order valence-electron chi connectivity index (χ2n) is 4.21. The number of hydrogen-bond acceptors (Lipinski definition) is 0. The highest BCUT2D eigenvalue weighted by atomic mass is 127. The maximum absolute atomic E-state index is 3.58. The van der Waals surface area contributed by atoms with Crippen molar-refractivity contribution in [3.63, 3.8) is 0 Å². The standard InChI is InChI=1S/C12H16BrI/c1-7(2)10-5-9(13)6-11(8(3)4)12(10)14/h5-8H,1-4H3. The van der Waals surface area contributed by atoms with Crippen LogP contribution >= 0.6 is 38.5 Å². The van der Waals surface area contributed by atoms with E-state index in [-0.39, 0.29) is 0 Å². The average Bonchev–Trinajstić information content (AvgIpc) is 2.07. The highest BCUT2D eigenvalue weighted by Gasteiger charge is 2.12. The predicted octanol–water partition coefficient (Wildman–Crippen LogP) is 5.30. The van der Waals surface area contributed by atoms with Crippen LogP contribution in [0.2, 0.25) is 0 Å². The van der Waals surface area contributed by atoms with E-state index in [4.69, 9.17) is 0 Å². The Bertz CT molecular complexity index is 300. The fourth-order valence-electron chi connectivity index (χ4n) is 1.47. The summed E-state index contributed by atoms with van der Waals surface area (Å²) in [5.41, 5.74) is 2.90. The maximum atomic E-state index is 3.58. The normalized spacial score (nSPS) is 11.4. The van der Waals surface area contributed by atoms with Crippen LogP contribution in [-0.4, -0.2) is 0 Å². The van der Waals surface area contributed by atoms with Gasteiger partial charge in [0.1, 0.15) is 0 Å². The molecule has 0 bridgehead atoms. The molecule has 0 radical (unpaired) electrons. The van der Waals surface area contributed by atoms with Gasteiger partial charge in [0, 0.05) is 8.04 Å². The third kappa shape index (κ3) is 2.72. The number of benzene rings is 1. The smallest absolute Gasteiger partial charge is 0.0200 e. The topological polar surface area (TPSA) is 0 Å². The van der Waals surface area contributed by atoms with Crippen LogP contribution in [0.25, 0.3) is 0 Å². The van der Waals surface area contributed by atoms with Crippen molar-refractivity contribution in [3.05, 3.63) is 31.3 Å². The van der Waals surface area contributed by atoms with E-state index < -0.39 is 0 Å². The van der Waals surface area contributed by atoms with Gasteiger partial charge in [-0.15, -0.1) is 0 Å². The van der Waals surface area contributed by atoms with Crippen molar-refractivity contribution in [3.8, 4) is 0 Å². The molecule has 0 aliphatic heterocycles. The Labute approximate surface area is 109 Å². The van der Waals surface area contributed by atoms with E-state index >= 15 is 0 Å². The van der Waals surface area contributed by atoms with Crippen LogP contribution in [0.15, 0.2) is 16.6 Å². The van der Waals surface area contributed by atoms with Gasteiger partial charge in [0.05, 0.1) is 0 Å². The molecule has 0 heterocycles. The molecule has 0 saturated carbocycles. The zero-order valence-corrected chi connectivity index (χ0v) is 12.8. The molecule has 1 aromatic rings. The van der Waals surface area contributed by atoms with E-state index in [1.54, 1.807) is 0 Å². The fourth-order valence-corrected chi connectivity index (χ4v) is 3.52. The van der Waals surface area contributed by atoms with Gasteiger partial charge in [-0.1, -0.05) is 43.6 Å². The van der Waals surface area contributed by atoms with E-state index in [2.05, 4.69) is 78.3 Å². The summed E-state index contributed by atoms with van der Waals surface area (Å²) >= 11 is 6.05. The lowest BCUT2D eigenvalue weighted by atomic mass is 9.96. The summed E-state index contributed by atoms with van der Waals surface area (Å²) in [4.78, 5) is 0. The third-order valence-corrected chi connectivity index (χ3v) is 4.04. The Morgan fingerprint density at radius 2 is 1.36 bits per heavy atom. The highest BCUT2D eigenvalue weighted by molar-refractivity contribution is 14.1. The molecule has 2 heteroatoms. The molecular weight excluding hydrogens is 351 g/mol. The first-order chi connectivity index (χ1) is 6.43. The molecule has 0 saturated heterocycles. The lowest BCUT2D eigenvalue weighted by molar-refractivity contribution is 0.821. The van der Waals surface area contributed by atoms with Gasteiger partial charge in [-0.3, -0.25) is 0 Å². The monoisotopic (exact) mass is 366 g/mol. The van der Waals surface area contributed by atoms with Gasteiger partial charge in [0.2, 0.25) is 0 Å². The Balaban J connectivity index is 3.32. The van der Waals surface area contributed by atoms with E-state index in [0.717, 1.165) is 0 Å². The number of hydrogen-bond donors (Lipinski definition) is 0. The molecule has 1 aromatic carbocycles. The summed E-state index contributed by atoms with van der Waals surface area (Å²) < 4.78 is 2.63. The molecule has 0 nitrogen and oxygen atoms in total. The maximum Gasteiger partial charge on any atom is 0.0200 e. The van der Waals surface area contributed by atoms with Crippen molar-refractivity contribution in [2.75, 3.05) is 0 Å². The summed E-state index contributed by atoms with van der Waals surface area (Å²) in [5.74, 6) is 1.19. The van der Waals surface area contributed by atoms with Crippen molar-refractivity contribution in [2.24, 2.45) is 0 Å². The van der Waals surface area contributed by atoms with Crippen molar-refractivity contribution < 1.29 is 0 Å². The SMILES string of the molecule is CC(C)c1cc(Br)cc(C(C)C)c1I. The minimum Gasteiger partial charge on any atom is -0.0586 e. The van der Waals surface area contributed by atoms with Crippen molar-refractivity contribution in [1.29, 1.82) is 0 Å². The van der Waals surface area contributed by atoms with Gasteiger partial charge in [-0.2, -0.15) is 0 Å². The zero-order valence-electron chi connectivity index (χ0n) is 9.07. The van der Waals surface area contributed by atoms with Gasteiger partial charge in [-0.05, 0) is 57.7 Å². The summed E-state index contributed by atoms with van der Waals surface area (Å²) in [7, 11) is 0. The molecule has 0 aromatic heterocycles. The highest BCUT2D eigenvalue weighted by Crippen LogP contribution is 2.32. The number of rotatable bonds is 2.